The number of nitrogens with one attached hydrogen (secondary N) is 1. The second-order valence-corrected chi connectivity index (χ2v) is 17.1. The van der Waals surface area contributed by atoms with Gasteiger partial charge in [0.1, 0.15) is 41.1 Å². The number of carbonyl (C=O) groups is 4. The topological polar surface area (TPSA) is 128 Å². The van der Waals surface area contributed by atoms with Crippen LogP contribution in [0.5, 0.6) is 5.75 Å². The van der Waals surface area contributed by atoms with E-state index in [1.165, 1.54) is 29.4 Å². The highest BCUT2D eigenvalue weighted by molar-refractivity contribution is 6.34. The summed E-state index contributed by atoms with van der Waals surface area (Å²) in [6, 6.07) is 8.01. The quantitative estimate of drug-likeness (QED) is 0.102. The van der Waals surface area contributed by atoms with Gasteiger partial charge in [0.25, 0.3) is 5.91 Å². The Balaban J connectivity index is 0.828. The first-order valence-corrected chi connectivity index (χ1v) is 22.2. The van der Waals surface area contributed by atoms with E-state index < -0.39 is 29.4 Å². The zero-order valence-electron chi connectivity index (χ0n) is 34.9. The summed E-state index contributed by atoms with van der Waals surface area (Å²) in [5, 5.41) is 2.74. The van der Waals surface area contributed by atoms with Crippen LogP contribution in [0.2, 0.25) is 5.02 Å². The van der Waals surface area contributed by atoms with Crippen LogP contribution in [-0.4, -0.2) is 107 Å². The number of likely N-dealkylation sites (tertiary alicyclic amines) is 1. The molecule has 1 N–H and O–H groups in total. The second-order valence-electron chi connectivity index (χ2n) is 16.7. The fourth-order valence-corrected chi connectivity index (χ4v) is 9.82. The van der Waals surface area contributed by atoms with Crippen molar-refractivity contribution in [1.82, 2.24) is 30.0 Å². The molecule has 12 nitrogen and oxygen atoms in total. The maximum atomic E-state index is 16.4. The summed E-state index contributed by atoms with van der Waals surface area (Å²) >= 11 is 6.74. The molecule has 2 unspecified atom stereocenters. The molecule has 0 saturated carbocycles. The molecule has 3 aromatic carbocycles. The maximum absolute atomic E-state index is 16.4. The van der Waals surface area contributed by atoms with Crippen molar-refractivity contribution in [1.29, 1.82) is 0 Å². The van der Waals surface area contributed by atoms with Gasteiger partial charge in [0.15, 0.2) is 5.82 Å². The molecular formula is C46H51ClF3N7O5. The van der Waals surface area contributed by atoms with E-state index in [2.05, 4.69) is 20.2 Å². The van der Waals surface area contributed by atoms with Crippen LogP contribution >= 0.6 is 11.6 Å². The average molecular weight is 874 g/mol. The van der Waals surface area contributed by atoms with Gasteiger partial charge in [-0.15, -0.1) is 0 Å². The number of imide groups is 1. The molecule has 0 bridgehead atoms. The third-order valence-electron chi connectivity index (χ3n) is 12.7. The Labute approximate surface area is 363 Å². The molecular weight excluding hydrogens is 823 g/mol. The molecule has 4 aromatic rings. The molecule has 0 aliphatic carbocycles. The van der Waals surface area contributed by atoms with Crippen LogP contribution in [0.25, 0.3) is 22.0 Å². The minimum Gasteiger partial charge on any atom is -0.493 e. The lowest BCUT2D eigenvalue weighted by Crippen LogP contribution is -2.52. The summed E-state index contributed by atoms with van der Waals surface area (Å²) in [5.74, 6) is -2.27. The minimum absolute atomic E-state index is 0.00666. The summed E-state index contributed by atoms with van der Waals surface area (Å²) in [4.78, 5) is 66.2. The lowest BCUT2D eigenvalue weighted by atomic mass is 9.86. The first-order chi connectivity index (χ1) is 30.0. The Morgan fingerprint density at radius 3 is 2.52 bits per heavy atom. The van der Waals surface area contributed by atoms with E-state index in [9.17, 15) is 23.6 Å². The Bertz CT molecular complexity index is 2380. The van der Waals surface area contributed by atoms with Gasteiger partial charge >= 0.3 is 0 Å². The van der Waals surface area contributed by atoms with E-state index in [0.29, 0.717) is 62.4 Å². The van der Waals surface area contributed by atoms with Crippen molar-refractivity contribution >= 4 is 52.0 Å². The van der Waals surface area contributed by atoms with Crippen molar-refractivity contribution < 1.29 is 37.1 Å². The number of piperidine rings is 2. The van der Waals surface area contributed by atoms with E-state index >= 15 is 8.78 Å². The van der Waals surface area contributed by atoms with Gasteiger partial charge < -0.3 is 24.3 Å². The number of amides is 4. The summed E-state index contributed by atoms with van der Waals surface area (Å²) in [7, 11) is 0. The molecule has 4 aliphatic heterocycles. The average Bonchev–Trinajstić information content (AvgIpc) is 3.59. The van der Waals surface area contributed by atoms with Crippen LogP contribution in [-0.2, 0) is 20.9 Å². The lowest BCUT2D eigenvalue weighted by molar-refractivity contribution is -0.137. The molecule has 8 rings (SSSR count). The number of rotatable bonds is 14. The number of anilines is 1. The molecule has 2 atom stereocenters. The number of halogens is 4. The molecule has 16 heteroatoms. The molecule has 3 fully saturated rings. The van der Waals surface area contributed by atoms with E-state index in [4.69, 9.17) is 16.3 Å². The number of ether oxygens (including phenoxy) is 1. The van der Waals surface area contributed by atoms with Crippen molar-refractivity contribution in [2.24, 2.45) is 0 Å². The van der Waals surface area contributed by atoms with Crippen molar-refractivity contribution in [2.45, 2.75) is 89.6 Å². The molecule has 4 amide bonds. The monoisotopic (exact) mass is 873 g/mol. The van der Waals surface area contributed by atoms with Crippen molar-refractivity contribution in [3.05, 3.63) is 81.9 Å². The lowest BCUT2D eigenvalue weighted by Gasteiger charge is -2.35. The van der Waals surface area contributed by atoms with Crippen molar-refractivity contribution in [3.63, 3.8) is 0 Å². The fraction of sp³-hybridized carbons (Fsp3) is 0.478. The van der Waals surface area contributed by atoms with Crippen LogP contribution in [0.1, 0.15) is 98.5 Å². The van der Waals surface area contributed by atoms with Gasteiger partial charge in [0.2, 0.25) is 17.7 Å². The molecule has 5 heterocycles. The predicted octanol–water partition coefficient (Wildman–Crippen LogP) is 7.40. The highest BCUT2D eigenvalue weighted by Crippen LogP contribution is 2.43. The number of fused-ring (bicyclic) bond motifs is 2. The Morgan fingerprint density at radius 2 is 1.73 bits per heavy atom. The number of benzene rings is 3. The summed E-state index contributed by atoms with van der Waals surface area (Å²) in [6.07, 6.45) is 8.48. The molecule has 0 radical (unpaired) electrons. The largest absolute Gasteiger partial charge is 0.493 e. The summed E-state index contributed by atoms with van der Waals surface area (Å²) < 4.78 is 53.0. The third-order valence-corrected chi connectivity index (χ3v) is 13.0. The van der Waals surface area contributed by atoms with E-state index in [0.717, 1.165) is 69.3 Å². The number of piperazine rings is 1. The standard InChI is InChI=1S/C46H51ClF3N7O5/c1-2-39(59)55-17-19-56(20-18-55)44-32-24-34(47)40(42(50)43(32)51-27-52-44)41-35(49)11-8-12-37(41)62-21-7-5-3-4-6-15-54-16-9-10-28(25-54)30-22-29(48)23-31-33(30)26-57(46(31)61)36-13-14-38(58)53-45(36)60/h8,11-12,22-24,27-28,36H,2-7,9-10,13-21,25-26H2,1H3,(H,53,58,60). The molecule has 328 valence electrons. The smallest absolute Gasteiger partial charge is 0.255 e. The first kappa shape index (κ1) is 43.4. The molecule has 4 aliphatic rings. The number of aromatic nitrogens is 2. The van der Waals surface area contributed by atoms with Gasteiger partial charge in [0.05, 0.1) is 17.2 Å². The zero-order valence-corrected chi connectivity index (χ0v) is 35.6. The van der Waals surface area contributed by atoms with E-state index in [1.807, 2.05) is 11.8 Å². The highest BCUT2D eigenvalue weighted by Gasteiger charge is 2.41. The van der Waals surface area contributed by atoms with Gasteiger partial charge in [-0.3, -0.25) is 24.5 Å². The maximum Gasteiger partial charge on any atom is 0.255 e. The van der Waals surface area contributed by atoms with Gasteiger partial charge in [-0.2, -0.15) is 0 Å². The number of hydrogen-bond donors (Lipinski definition) is 1. The normalized spacial score (nSPS) is 19.6. The van der Waals surface area contributed by atoms with Crippen molar-refractivity contribution in [3.8, 4) is 16.9 Å². The summed E-state index contributed by atoms with van der Waals surface area (Å²) in [6.45, 7) is 7.02. The van der Waals surface area contributed by atoms with Crippen LogP contribution in [0.15, 0.2) is 42.7 Å². The first-order valence-electron chi connectivity index (χ1n) is 21.8. The van der Waals surface area contributed by atoms with Gasteiger partial charge in [-0.05, 0) is 92.6 Å². The van der Waals surface area contributed by atoms with Crippen LogP contribution in [0, 0.1) is 17.5 Å². The van der Waals surface area contributed by atoms with E-state index in [-0.39, 0.29) is 70.4 Å². The highest BCUT2D eigenvalue weighted by atomic mass is 35.5. The molecule has 62 heavy (non-hydrogen) atoms. The number of carbonyl (C=O) groups excluding carboxylic acids is 4. The SMILES string of the molecule is CCC(=O)N1CCN(c2ncnc3c(F)c(-c4c(F)cccc4OCCCCCCCN4CCCC(c5cc(F)cc6c5CN(C5CCC(=O)NC5=O)C6=O)C4)c(Cl)cc23)CC1. The molecule has 0 spiro atoms. The minimum atomic E-state index is -0.766. The van der Waals surface area contributed by atoms with Gasteiger partial charge in [-0.25, -0.2) is 23.1 Å². The van der Waals surface area contributed by atoms with Crippen LogP contribution in [0.3, 0.4) is 0 Å². The van der Waals surface area contributed by atoms with Gasteiger partial charge in [0, 0.05) is 68.6 Å². The predicted molar refractivity (Wildman–Crippen MR) is 228 cm³/mol. The van der Waals surface area contributed by atoms with E-state index in [1.54, 1.807) is 23.1 Å². The third kappa shape index (κ3) is 8.96. The Kier molecular flexibility index (Phi) is 13.3. The molecule has 3 saturated heterocycles. The second kappa shape index (κ2) is 19.0. The number of unbranched alkanes of at least 4 members (excludes halogenated alkanes) is 4. The number of hydrogen-bond acceptors (Lipinski definition) is 9. The van der Waals surface area contributed by atoms with Gasteiger partial charge in [-0.1, -0.05) is 43.9 Å². The van der Waals surface area contributed by atoms with Crippen molar-refractivity contribution in [2.75, 3.05) is 57.3 Å². The number of nitrogens with zero attached hydrogens (tertiary/aromatic N) is 6. The Hall–Kier alpha value is -5.28. The fourth-order valence-electron chi connectivity index (χ4n) is 9.54. The van der Waals surface area contributed by atoms with Crippen LogP contribution < -0.4 is 15.0 Å². The summed E-state index contributed by atoms with van der Waals surface area (Å²) in [5.41, 5.74) is 1.74. The molecule has 1 aromatic heterocycles. The van der Waals surface area contributed by atoms with Crippen LogP contribution in [0.4, 0.5) is 19.0 Å². The Morgan fingerprint density at radius 1 is 0.935 bits per heavy atom. The zero-order chi connectivity index (χ0) is 43.5.